The Morgan fingerprint density at radius 1 is 1.71 bits per heavy atom. The van der Waals surface area contributed by atoms with Gasteiger partial charge in [-0.15, -0.1) is 0 Å². The summed E-state index contributed by atoms with van der Waals surface area (Å²) in [7, 11) is -3.60. The Hall–Kier alpha value is -1.21. The van der Waals surface area contributed by atoms with Crippen molar-refractivity contribution in [3.63, 3.8) is 0 Å². The summed E-state index contributed by atoms with van der Waals surface area (Å²) in [5, 5.41) is 8.90. The molecule has 3 atom stereocenters. The lowest BCUT2D eigenvalue weighted by molar-refractivity contribution is -0.00941. The van der Waals surface area contributed by atoms with E-state index >= 15 is 0 Å². The van der Waals surface area contributed by atoms with E-state index in [1.54, 1.807) is 0 Å². The van der Waals surface area contributed by atoms with Crippen molar-refractivity contribution in [3.8, 4) is 0 Å². The number of hydrogen-bond acceptors (Lipinski definition) is 6. The van der Waals surface area contributed by atoms with E-state index in [1.165, 1.54) is 12.3 Å². The molecule has 0 saturated carbocycles. The minimum atomic E-state index is -3.60. The molecule has 0 aliphatic carbocycles. The van der Waals surface area contributed by atoms with Crippen LogP contribution in [0.5, 0.6) is 0 Å². The van der Waals surface area contributed by atoms with Crippen LogP contribution in [0.2, 0.25) is 0 Å². The third kappa shape index (κ3) is 2.25. The van der Waals surface area contributed by atoms with Gasteiger partial charge in [0, 0.05) is 6.20 Å². The van der Waals surface area contributed by atoms with Crippen molar-refractivity contribution < 1.29 is 19.3 Å². The second-order valence-corrected chi connectivity index (χ2v) is 6.16. The van der Waals surface area contributed by atoms with Crippen molar-refractivity contribution in [3.05, 3.63) is 22.7 Å². The normalized spacial score (nSPS) is 32.8. The van der Waals surface area contributed by atoms with Crippen molar-refractivity contribution in [2.75, 3.05) is 18.5 Å². The first kappa shape index (κ1) is 12.3. The van der Waals surface area contributed by atoms with Crippen LogP contribution in [-0.2, 0) is 9.30 Å². The standard InChI is InChI=1S/C8H12N3O5P/c9-5-1-2-11(8(13)10-5)6-4-17(14,15)7(3-12)16-6/h1-2,6-7,12H,3-4H2,(H,14,15)(H2,9,10,13)/t6-,7+/m1/s1. The molecule has 1 aromatic rings. The smallest absolute Gasteiger partial charge is 0.351 e. The molecular formula is C8H12N3O5P. The topological polar surface area (TPSA) is 128 Å². The highest BCUT2D eigenvalue weighted by Gasteiger charge is 2.44. The molecule has 8 nitrogen and oxygen atoms in total. The summed E-state index contributed by atoms with van der Waals surface area (Å²) in [6.45, 7) is -0.568. The van der Waals surface area contributed by atoms with Crippen LogP contribution >= 0.6 is 7.37 Å². The number of nitrogen functional groups attached to an aromatic ring is 1. The maximum atomic E-state index is 11.6. The Labute approximate surface area is 96.1 Å². The number of hydrogen-bond donors (Lipinski definition) is 3. The summed E-state index contributed by atoms with van der Waals surface area (Å²) in [6, 6.07) is 1.39. The number of aromatic nitrogens is 2. The predicted octanol–water partition coefficient (Wildman–Crippen LogP) is -1.06. The molecule has 17 heavy (non-hydrogen) atoms. The number of nitrogens with zero attached hydrogens (tertiary/aromatic N) is 2. The molecule has 2 heterocycles. The summed E-state index contributed by atoms with van der Waals surface area (Å²) < 4.78 is 17.9. The molecule has 1 saturated heterocycles. The third-order valence-corrected chi connectivity index (χ3v) is 4.52. The Morgan fingerprint density at radius 2 is 2.41 bits per heavy atom. The van der Waals surface area contributed by atoms with Crippen molar-refractivity contribution >= 4 is 13.2 Å². The fourth-order valence-electron chi connectivity index (χ4n) is 1.63. The first-order valence-corrected chi connectivity index (χ1v) is 6.78. The van der Waals surface area contributed by atoms with Crippen molar-refractivity contribution in [2.45, 2.75) is 12.1 Å². The van der Waals surface area contributed by atoms with Gasteiger partial charge in [0.25, 0.3) is 0 Å². The SMILES string of the molecule is Nc1ccn([C@H]2CP(=O)(O)[C@@H](CO)O2)c(=O)n1. The Bertz CT molecular complexity index is 530. The first-order valence-electron chi connectivity index (χ1n) is 4.86. The van der Waals surface area contributed by atoms with Crippen LogP contribution in [0.3, 0.4) is 0 Å². The number of nitrogens with two attached hydrogens (primary N) is 1. The monoisotopic (exact) mass is 261 g/mol. The Kier molecular flexibility index (Phi) is 3.05. The van der Waals surface area contributed by atoms with Crippen LogP contribution in [-0.4, -0.2) is 38.2 Å². The average molecular weight is 261 g/mol. The zero-order valence-electron chi connectivity index (χ0n) is 8.76. The summed E-state index contributed by atoms with van der Waals surface area (Å²) in [6.07, 6.45) is 0.210. The van der Waals surface area contributed by atoms with Gasteiger partial charge >= 0.3 is 5.69 Å². The number of anilines is 1. The van der Waals surface area contributed by atoms with Gasteiger partial charge in [-0.05, 0) is 6.07 Å². The molecule has 1 unspecified atom stereocenters. The maximum absolute atomic E-state index is 11.6. The van der Waals surface area contributed by atoms with E-state index in [0.29, 0.717) is 0 Å². The number of rotatable bonds is 2. The number of ether oxygens (including phenoxy) is 1. The van der Waals surface area contributed by atoms with Crippen LogP contribution in [0.1, 0.15) is 6.23 Å². The fraction of sp³-hybridized carbons (Fsp3) is 0.500. The van der Waals surface area contributed by atoms with E-state index in [-0.39, 0.29) is 12.0 Å². The second kappa shape index (κ2) is 4.23. The average Bonchev–Trinajstić information content (AvgIpc) is 2.53. The molecule has 9 heteroatoms. The predicted molar refractivity (Wildman–Crippen MR) is 58.6 cm³/mol. The summed E-state index contributed by atoms with van der Waals surface area (Å²) in [4.78, 5) is 24.5. The van der Waals surface area contributed by atoms with Crippen molar-refractivity contribution in [1.82, 2.24) is 9.55 Å². The van der Waals surface area contributed by atoms with Crippen molar-refractivity contribution in [1.29, 1.82) is 0 Å². The van der Waals surface area contributed by atoms with E-state index in [0.717, 1.165) is 4.57 Å². The Balaban J connectivity index is 2.32. The lowest BCUT2D eigenvalue weighted by atomic mass is 10.5. The molecule has 0 aromatic carbocycles. The van der Waals surface area contributed by atoms with E-state index in [9.17, 15) is 14.3 Å². The van der Waals surface area contributed by atoms with Gasteiger partial charge < -0.3 is 20.5 Å². The molecule has 0 spiro atoms. The molecule has 94 valence electrons. The number of aliphatic hydroxyl groups is 1. The van der Waals surface area contributed by atoms with Gasteiger partial charge in [0.15, 0.2) is 5.85 Å². The van der Waals surface area contributed by atoms with Gasteiger partial charge in [0.1, 0.15) is 12.0 Å². The van der Waals surface area contributed by atoms with Gasteiger partial charge in [0.2, 0.25) is 7.37 Å². The molecule has 1 aromatic heterocycles. The molecule has 0 amide bonds. The summed E-state index contributed by atoms with van der Waals surface area (Å²) in [5.41, 5.74) is 4.66. The maximum Gasteiger partial charge on any atom is 0.351 e. The lowest BCUT2D eigenvalue weighted by Gasteiger charge is -2.12. The molecule has 1 aliphatic rings. The minimum absolute atomic E-state index is 0.0649. The second-order valence-electron chi connectivity index (χ2n) is 3.71. The zero-order chi connectivity index (χ0) is 12.6. The molecule has 4 N–H and O–H groups in total. The first-order chi connectivity index (χ1) is 7.94. The molecule has 0 bridgehead atoms. The molecule has 0 radical (unpaired) electrons. The van der Waals surface area contributed by atoms with E-state index in [2.05, 4.69) is 4.98 Å². The third-order valence-electron chi connectivity index (χ3n) is 2.50. The summed E-state index contributed by atoms with van der Waals surface area (Å²) in [5.74, 6) is -1.09. The summed E-state index contributed by atoms with van der Waals surface area (Å²) >= 11 is 0. The molecule has 2 rings (SSSR count). The highest BCUT2D eigenvalue weighted by molar-refractivity contribution is 7.58. The largest absolute Gasteiger partial charge is 0.393 e. The van der Waals surface area contributed by atoms with E-state index in [1.807, 2.05) is 0 Å². The minimum Gasteiger partial charge on any atom is -0.393 e. The molecule has 1 aliphatic heterocycles. The quantitative estimate of drug-likeness (QED) is 0.579. The molecular weight excluding hydrogens is 249 g/mol. The van der Waals surface area contributed by atoms with Crippen molar-refractivity contribution in [2.24, 2.45) is 0 Å². The van der Waals surface area contributed by atoms with Crippen LogP contribution < -0.4 is 11.4 Å². The van der Waals surface area contributed by atoms with Crippen LogP contribution in [0.25, 0.3) is 0 Å². The fourth-order valence-corrected chi connectivity index (χ4v) is 3.16. The Morgan fingerprint density at radius 3 is 2.94 bits per heavy atom. The zero-order valence-corrected chi connectivity index (χ0v) is 9.66. The number of aliphatic hydroxyl groups excluding tert-OH is 1. The van der Waals surface area contributed by atoms with Gasteiger partial charge in [-0.25, -0.2) is 4.79 Å². The van der Waals surface area contributed by atoms with E-state index in [4.69, 9.17) is 15.6 Å². The van der Waals surface area contributed by atoms with Gasteiger partial charge in [-0.2, -0.15) is 4.98 Å². The lowest BCUT2D eigenvalue weighted by Crippen LogP contribution is -2.28. The van der Waals surface area contributed by atoms with Crippen LogP contribution in [0.15, 0.2) is 17.1 Å². The highest BCUT2D eigenvalue weighted by atomic mass is 31.2. The van der Waals surface area contributed by atoms with Gasteiger partial charge in [0.05, 0.1) is 12.8 Å². The van der Waals surface area contributed by atoms with Crippen LogP contribution in [0.4, 0.5) is 5.82 Å². The molecule has 1 fully saturated rings. The highest BCUT2D eigenvalue weighted by Crippen LogP contribution is 2.55. The van der Waals surface area contributed by atoms with Gasteiger partial charge in [-0.3, -0.25) is 9.13 Å². The van der Waals surface area contributed by atoms with Gasteiger partial charge in [-0.1, -0.05) is 0 Å². The van der Waals surface area contributed by atoms with E-state index < -0.39 is 31.7 Å². The van der Waals surface area contributed by atoms with Crippen LogP contribution in [0, 0.1) is 0 Å².